The summed E-state index contributed by atoms with van der Waals surface area (Å²) >= 11 is 12.7. The zero-order chi connectivity index (χ0) is 27.4. The predicted octanol–water partition coefficient (Wildman–Crippen LogP) is 5.23. The van der Waals surface area contributed by atoms with Crippen molar-refractivity contribution in [2.24, 2.45) is 0 Å². The minimum Gasteiger partial charge on any atom is -0.378 e. The Kier molecular flexibility index (Phi) is 7.62. The summed E-state index contributed by atoms with van der Waals surface area (Å²) in [6.07, 6.45) is 3.76. The Labute approximate surface area is 233 Å². The molecular weight excluding hydrogens is 541 g/mol. The van der Waals surface area contributed by atoms with E-state index in [2.05, 4.69) is 25.9 Å². The second kappa shape index (κ2) is 11.4. The van der Waals surface area contributed by atoms with Crippen LogP contribution in [-0.2, 0) is 0 Å². The zero-order valence-corrected chi connectivity index (χ0v) is 21.9. The van der Waals surface area contributed by atoms with E-state index in [9.17, 15) is 10.1 Å². The van der Waals surface area contributed by atoms with Gasteiger partial charge in [0.25, 0.3) is 0 Å². The number of anilines is 4. The molecule has 3 heterocycles. The molecule has 0 aliphatic carbocycles. The summed E-state index contributed by atoms with van der Waals surface area (Å²) in [6, 6.07) is 18.1. The van der Waals surface area contributed by atoms with E-state index in [-0.39, 0.29) is 11.5 Å². The van der Waals surface area contributed by atoms with Crippen LogP contribution in [0.4, 0.5) is 29.0 Å². The lowest BCUT2D eigenvalue weighted by Gasteiger charge is -2.19. The molecule has 0 spiro atoms. The van der Waals surface area contributed by atoms with Gasteiger partial charge < -0.3 is 26.6 Å². The van der Waals surface area contributed by atoms with Crippen LogP contribution in [0.3, 0.4) is 0 Å². The van der Waals surface area contributed by atoms with E-state index < -0.39 is 4.92 Å². The van der Waals surface area contributed by atoms with Crippen molar-refractivity contribution >= 4 is 57.9 Å². The molecule has 0 saturated heterocycles. The number of hydrogen-bond acceptors (Lipinski definition) is 10. The third-order valence-corrected chi connectivity index (χ3v) is 6.44. The SMILES string of the molecule is Nc1nc(NCCNc2ncc(N3C=C(c4ccccc4)NC3)c(-c3ccc(Cl)cc3Cl)n2)ccc1[N+](=O)[O-]. The normalized spacial score (nSPS) is 12.6. The molecule has 0 bridgehead atoms. The van der Waals surface area contributed by atoms with Crippen LogP contribution in [0.2, 0.25) is 10.0 Å². The molecule has 11 nitrogen and oxygen atoms in total. The topological polar surface area (TPSA) is 147 Å². The number of benzene rings is 2. The first-order chi connectivity index (χ1) is 18.9. The highest BCUT2D eigenvalue weighted by molar-refractivity contribution is 6.36. The molecule has 0 saturated carbocycles. The molecule has 0 radical (unpaired) electrons. The van der Waals surface area contributed by atoms with E-state index >= 15 is 0 Å². The van der Waals surface area contributed by atoms with Crippen molar-refractivity contribution in [3.63, 3.8) is 0 Å². The van der Waals surface area contributed by atoms with Gasteiger partial charge in [-0.1, -0.05) is 53.5 Å². The van der Waals surface area contributed by atoms with Crippen LogP contribution < -0.4 is 26.6 Å². The van der Waals surface area contributed by atoms with Crippen molar-refractivity contribution in [3.8, 4) is 11.3 Å². The van der Waals surface area contributed by atoms with E-state index in [0.29, 0.717) is 52.8 Å². The first-order valence-corrected chi connectivity index (χ1v) is 12.6. The highest BCUT2D eigenvalue weighted by atomic mass is 35.5. The van der Waals surface area contributed by atoms with Crippen LogP contribution in [0.5, 0.6) is 0 Å². The zero-order valence-electron chi connectivity index (χ0n) is 20.4. The summed E-state index contributed by atoms with van der Waals surface area (Å²) < 4.78 is 0. The van der Waals surface area contributed by atoms with Crippen LogP contribution in [0.25, 0.3) is 17.0 Å². The summed E-state index contributed by atoms with van der Waals surface area (Å²) in [5.74, 6) is 0.673. The van der Waals surface area contributed by atoms with Crippen LogP contribution in [0.15, 0.2) is 73.1 Å². The lowest BCUT2D eigenvalue weighted by Crippen LogP contribution is -2.22. The molecule has 0 amide bonds. The van der Waals surface area contributed by atoms with E-state index in [0.717, 1.165) is 16.9 Å². The number of nitrogen functional groups attached to an aromatic ring is 1. The standard InChI is InChI=1S/C26H23Cl2N9O2/c27-17-6-7-18(19(28)12-17)24-22(36-14-20(33-15-36)16-4-2-1-3-5-16)13-32-26(35-24)31-11-10-30-23-9-8-21(37(38)39)25(29)34-23/h1-9,12-14,33H,10-11,15H2,(H3,29,30,34)(H,31,32,35). The monoisotopic (exact) mass is 563 g/mol. The van der Waals surface area contributed by atoms with Crippen molar-refractivity contribution in [2.45, 2.75) is 0 Å². The Morgan fingerprint density at radius 1 is 1.05 bits per heavy atom. The van der Waals surface area contributed by atoms with Gasteiger partial charge in [-0.15, -0.1) is 0 Å². The van der Waals surface area contributed by atoms with Crippen LogP contribution in [0.1, 0.15) is 5.56 Å². The van der Waals surface area contributed by atoms with Crippen molar-refractivity contribution in [2.75, 3.05) is 41.0 Å². The first-order valence-electron chi connectivity index (χ1n) is 11.9. The third kappa shape index (κ3) is 5.95. The van der Waals surface area contributed by atoms with Gasteiger partial charge in [-0.2, -0.15) is 0 Å². The number of nitro groups is 1. The largest absolute Gasteiger partial charge is 0.378 e. The highest BCUT2D eigenvalue weighted by Gasteiger charge is 2.21. The van der Waals surface area contributed by atoms with E-state index in [1.807, 2.05) is 47.5 Å². The molecule has 1 aliphatic rings. The Balaban J connectivity index is 1.35. The smallest absolute Gasteiger partial charge is 0.311 e. The van der Waals surface area contributed by atoms with Crippen LogP contribution in [0, 0.1) is 10.1 Å². The first kappa shape index (κ1) is 26.0. The number of nitrogens with two attached hydrogens (primary N) is 1. The average molecular weight is 564 g/mol. The van der Waals surface area contributed by atoms with Crippen LogP contribution >= 0.6 is 23.2 Å². The second-order valence-corrected chi connectivity index (χ2v) is 9.32. The van der Waals surface area contributed by atoms with Gasteiger partial charge in [0.1, 0.15) is 11.5 Å². The molecule has 2 aromatic carbocycles. The minimum atomic E-state index is -0.574. The molecule has 13 heteroatoms. The fourth-order valence-electron chi connectivity index (χ4n) is 4.00. The molecule has 5 N–H and O–H groups in total. The van der Waals surface area contributed by atoms with Gasteiger partial charge in [0.15, 0.2) is 0 Å². The van der Waals surface area contributed by atoms with Gasteiger partial charge in [0, 0.05) is 35.9 Å². The predicted molar refractivity (Wildman–Crippen MR) is 155 cm³/mol. The quantitative estimate of drug-likeness (QED) is 0.121. The molecule has 198 valence electrons. The summed E-state index contributed by atoms with van der Waals surface area (Å²) in [4.78, 5) is 25.7. The van der Waals surface area contributed by atoms with Crippen molar-refractivity contribution in [1.82, 2.24) is 20.3 Å². The maximum Gasteiger partial charge on any atom is 0.311 e. The van der Waals surface area contributed by atoms with Gasteiger partial charge in [-0.3, -0.25) is 10.1 Å². The number of halogens is 2. The maximum absolute atomic E-state index is 10.9. The Morgan fingerprint density at radius 3 is 2.59 bits per heavy atom. The van der Waals surface area contributed by atoms with Gasteiger partial charge >= 0.3 is 5.69 Å². The number of aromatic nitrogens is 3. The summed E-state index contributed by atoms with van der Waals surface area (Å²) in [5.41, 5.74) is 9.60. The number of nitrogens with one attached hydrogen (secondary N) is 3. The maximum atomic E-state index is 10.9. The average Bonchev–Trinajstić information content (AvgIpc) is 3.42. The summed E-state index contributed by atoms with van der Waals surface area (Å²) in [6.45, 7) is 1.41. The van der Waals surface area contributed by atoms with Crippen molar-refractivity contribution in [3.05, 3.63) is 98.8 Å². The third-order valence-electron chi connectivity index (χ3n) is 5.89. The molecule has 39 heavy (non-hydrogen) atoms. The van der Waals surface area contributed by atoms with Gasteiger partial charge in [-0.25, -0.2) is 15.0 Å². The summed E-state index contributed by atoms with van der Waals surface area (Å²) in [7, 11) is 0. The molecule has 0 fully saturated rings. The lowest BCUT2D eigenvalue weighted by molar-refractivity contribution is -0.384. The van der Waals surface area contributed by atoms with Crippen molar-refractivity contribution < 1.29 is 4.92 Å². The second-order valence-electron chi connectivity index (χ2n) is 8.48. The van der Waals surface area contributed by atoms with E-state index in [4.69, 9.17) is 33.9 Å². The molecule has 0 unspecified atom stereocenters. The molecule has 0 atom stereocenters. The van der Waals surface area contributed by atoms with E-state index in [1.165, 1.54) is 12.1 Å². The summed E-state index contributed by atoms with van der Waals surface area (Å²) in [5, 5.41) is 21.6. The lowest BCUT2D eigenvalue weighted by atomic mass is 10.1. The Morgan fingerprint density at radius 2 is 1.85 bits per heavy atom. The Bertz CT molecular complexity index is 1550. The fourth-order valence-corrected chi connectivity index (χ4v) is 4.50. The molecule has 2 aromatic heterocycles. The van der Waals surface area contributed by atoms with Gasteiger partial charge in [-0.05, 0) is 29.8 Å². The number of hydrogen-bond donors (Lipinski definition) is 4. The molecular formula is C26H23Cl2N9O2. The minimum absolute atomic E-state index is 0.151. The van der Waals surface area contributed by atoms with Crippen molar-refractivity contribution in [1.29, 1.82) is 0 Å². The number of rotatable bonds is 9. The van der Waals surface area contributed by atoms with E-state index in [1.54, 1.807) is 18.3 Å². The van der Waals surface area contributed by atoms with Gasteiger partial charge in [0.2, 0.25) is 11.8 Å². The van der Waals surface area contributed by atoms with Crippen LogP contribution in [-0.4, -0.2) is 39.6 Å². The number of pyridine rings is 1. The Hall–Kier alpha value is -4.61. The molecule has 1 aliphatic heterocycles. The molecule has 5 rings (SSSR count). The highest BCUT2D eigenvalue weighted by Crippen LogP contribution is 2.37. The molecule has 4 aromatic rings. The fraction of sp³-hybridized carbons (Fsp3) is 0.115. The van der Waals surface area contributed by atoms with Gasteiger partial charge in [0.05, 0.1) is 34.2 Å². The number of nitrogens with zero attached hydrogens (tertiary/aromatic N) is 5.